The third-order valence-electron chi connectivity index (χ3n) is 5.90. The van der Waals surface area contributed by atoms with Crippen molar-refractivity contribution < 1.29 is 65.8 Å². The number of aliphatic hydroxyl groups is 3. The molecule has 0 aliphatic carbocycles. The van der Waals surface area contributed by atoms with E-state index in [1.54, 1.807) is 0 Å². The summed E-state index contributed by atoms with van der Waals surface area (Å²) in [6.45, 7) is 3.23. The van der Waals surface area contributed by atoms with Crippen LogP contribution in [0.3, 0.4) is 0 Å². The highest BCUT2D eigenvalue weighted by Crippen LogP contribution is 2.30. The molecule has 246 valence electrons. The Labute approximate surface area is 263 Å². The highest BCUT2D eigenvalue weighted by atomic mass is 16.3. The first-order valence-electron chi connectivity index (χ1n) is 14.7. The Morgan fingerprint density at radius 3 is 1.20 bits per heavy atom. The average molecular weight is 638 g/mol. The number of ketones is 3. The Balaban J connectivity index is 0.000000368. The third kappa shape index (κ3) is 11.0. The SMILES string of the molecule is [2H][C@@](N)(C(C)=O)[C@H](O)c1ccc(O)c(O)c1.[2H][C@@](N)(C(C)=O)[C@]([2H])(O)c1ccc(O)c(O)c1.[2H][C@@](O)(c1ccc(O)c(O)c1)[C@H](N)C(C)=O. The smallest absolute Gasteiger partial charge is 0.157 e. The third-order valence-corrected chi connectivity index (χ3v) is 5.90. The molecule has 0 aromatic heterocycles. The molecule has 3 aromatic carbocycles. The highest BCUT2D eigenvalue weighted by Gasteiger charge is 2.23. The number of phenolic OH excluding ortho intramolecular Hbond substituents is 6. The highest BCUT2D eigenvalue weighted by molar-refractivity contribution is 5.83. The molecule has 0 amide bonds. The first kappa shape index (κ1) is 31.6. The van der Waals surface area contributed by atoms with Gasteiger partial charge in [0.05, 0.1) is 23.6 Å². The Hall–Kier alpha value is -4.77. The molecule has 0 spiro atoms. The molecule has 0 fully saturated rings. The second kappa shape index (κ2) is 16.9. The van der Waals surface area contributed by atoms with Gasteiger partial charge in [0.2, 0.25) is 0 Å². The molecule has 15 nitrogen and oxygen atoms in total. The van der Waals surface area contributed by atoms with Crippen LogP contribution in [0.15, 0.2) is 54.6 Å². The molecule has 3 rings (SSSR count). The van der Waals surface area contributed by atoms with Crippen molar-refractivity contribution in [2.75, 3.05) is 0 Å². The number of carbonyl (C=O) groups excluding carboxylic acids is 3. The van der Waals surface area contributed by atoms with Crippen LogP contribution in [0.25, 0.3) is 0 Å². The molecule has 15 heteroatoms. The van der Waals surface area contributed by atoms with Gasteiger partial charge in [-0.05, 0) is 73.9 Å². The van der Waals surface area contributed by atoms with E-state index in [-0.39, 0.29) is 28.2 Å². The molecule has 6 atom stereocenters. The standard InChI is InChI=1S/3C10H13NO4/c3*1-5(12)9(11)10(15)6-2-3-7(13)8(14)4-6/h3*2-4,9-10,13-15H,11H2,1H3/t3*9-,10-/m111/s1/i9D,10D;10D;9D. The zero-order chi connectivity index (χ0) is 38.4. The molecule has 0 aliphatic rings. The van der Waals surface area contributed by atoms with Gasteiger partial charge in [-0.1, -0.05) is 18.2 Å². The van der Waals surface area contributed by atoms with E-state index < -0.39 is 76.7 Å². The maximum absolute atomic E-state index is 11.1. The van der Waals surface area contributed by atoms with Gasteiger partial charge in [0.1, 0.15) is 35.6 Å². The number of rotatable bonds is 9. The molecular weight excluding hydrogens is 594 g/mol. The normalized spacial score (nSPS) is 18.7. The lowest BCUT2D eigenvalue weighted by atomic mass is 10.00. The molecule has 0 bridgehead atoms. The summed E-state index contributed by atoms with van der Waals surface area (Å²) >= 11 is 0. The van der Waals surface area contributed by atoms with Crippen molar-refractivity contribution in [2.45, 2.75) is 57.1 Å². The van der Waals surface area contributed by atoms with Crippen molar-refractivity contribution in [3.05, 3.63) is 71.3 Å². The minimum atomic E-state index is -2.73. The van der Waals surface area contributed by atoms with Gasteiger partial charge in [-0.15, -0.1) is 0 Å². The molecule has 15 N–H and O–H groups in total. The Morgan fingerprint density at radius 1 is 0.533 bits per heavy atom. The van der Waals surface area contributed by atoms with Crippen molar-refractivity contribution in [1.82, 2.24) is 0 Å². The van der Waals surface area contributed by atoms with E-state index in [4.69, 9.17) is 38.0 Å². The van der Waals surface area contributed by atoms with E-state index in [0.717, 1.165) is 63.2 Å². The molecule has 0 saturated carbocycles. The summed E-state index contributed by atoms with van der Waals surface area (Å²) in [4.78, 5) is 33.2. The number of phenols is 6. The Kier molecular flexibility index (Phi) is 11.9. The first-order chi connectivity index (χ1) is 22.1. The molecule has 3 aromatic rings. The van der Waals surface area contributed by atoms with Crippen LogP contribution in [-0.4, -0.2) is 81.4 Å². The predicted octanol–water partition coefficient (Wildman–Crippen LogP) is 0.142. The van der Waals surface area contributed by atoms with Gasteiger partial charge in [0, 0.05) is 0 Å². The maximum Gasteiger partial charge on any atom is 0.157 e. The largest absolute Gasteiger partial charge is 0.504 e. The van der Waals surface area contributed by atoms with Crippen molar-refractivity contribution in [1.29, 1.82) is 0 Å². The number of hydrogen-bond donors (Lipinski definition) is 12. The zero-order valence-electron chi connectivity index (χ0n) is 28.3. The fourth-order valence-corrected chi connectivity index (χ4v) is 3.13. The molecule has 45 heavy (non-hydrogen) atoms. The number of aromatic hydroxyl groups is 6. The van der Waals surface area contributed by atoms with E-state index in [0.29, 0.717) is 0 Å². The summed E-state index contributed by atoms with van der Waals surface area (Å²) in [6.07, 6.45) is -6.64. The van der Waals surface area contributed by atoms with Gasteiger partial charge in [-0.25, -0.2) is 0 Å². The number of carbonyl (C=O) groups is 3. The van der Waals surface area contributed by atoms with Crippen LogP contribution in [0.2, 0.25) is 0 Å². The summed E-state index contributed by atoms with van der Waals surface area (Å²) in [5, 5.41) is 84.2. The van der Waals surface area contributed by atoms with Gasteiger partial charge in [-0.3, -0.25) is 14.4 Å². The van der Waals surface area contributed by atoms with Gasteiger partial charge < -0.3 is 63.2 Å². The number of benzene rings is 3. The second-order valence-corrected chi connectivity index (χ2v) is 9.36. The van der Waals surface area contributed by atoms with Crippen molar-refractivity contribution in [3.8, 4) is 34.5 Å². The second-order valence-electron chi connectivity index (χ2n) is 9.36. The van der Waals surface area contributed by atoms with Crippen LogP contribution >= 0.6 is 0 Å². The molecule has 0 aliphatic heterocycles. The van der Waals surface area contributed by atoms with Crippen LogP contribution < -0.4 is 17.2 Å². The first-order valence-corrected chi connectivity index (χ1v) is 12.7. The van der Waals surface area contributed by atoms with E-state index in [1.807, 2.05) is 0 Å². The van der Waals surface area contributed by atoms with Crippen LogP contribution in [0, 0.1) is 0 Å². The zero-order valence-corrected chi connectivity index (χ0v) is 24.3. The van der Waals surface area contributed by atoms with Gasteiger partial charge in [0.25, 0.3) is 0 Å². The summed E-state index contributed by atoms with van der Waals surface area (Å²) in [7, 11) is 0. The Morgan fingerprint density at radius 2 is 0.867 bits per heavy atom. The summed E-state index contributed by atoms with van der Waals surface area (Å²) < 4.78 is 30.2. The lowest BCUT2D eigenvalue weighted by Gasteiger charge is -2.16. The van der Waals surface area contributed by atoms with E-state index in [9.17, 15) is 45.0 Å². The molecule has 0 unspecified atom stereocenters. The summed E-state index contributed by atoms with van der Waals surface area (Å²) in [5.74, 6) is -4.84. The van der Waals surface area contributed by atoms with Crippen LogP contribution in [0.1, 0.15) is 61.2 Å². The minimum absolute atomic E-state index is 0.0644. The molecule has 0 radical (unpaired) electrons. The number of hydrogen-bond acceptors (Lipinski definition) is 15. The molecular formula is C30H39N3O12. The quantitative estimate of drug-likeness (QED) is 0.139. The number of nitrogens with two attached hydrogens (primary N) is 3. The maximum atomic E-state index is 11.1. The van der Waals surface area contributed by atoms with Gasteiger partial charge in [0.15, 0.2) is 34.5 Å². The molecule has 0 heterocycles. The topological polar surface area (TPSA) is 311 Å². The van der Waals surface area contributed by atoms with Crippen molar-refractivity contribution in [3.63, 3.8) is 0 Å². The van der Waals surface area contributed by atoms with Crippen molar-refractivity contribution in [2.24, 2.45) is 17.2 Å². The fourth-order valence-electron chi connectivity index (χ4n) is 3.13. The van der Waals surface area contributed by atoms with E-state index in [1.165, 1.54) is 12.1 Å². The van der Waals surface area contributed by atoms with Crippen LogP contribution in [0.5, 0.6) is 34.5 Å². The number of Topliss-reactive ketones (excluding diaryl/α,β-unsaturated/α-hetero) is 3. The lowest BCUT2D eigenvalue weighted by Crippen LogP contribution is -2.35. The monoisotopic (exact) mass is 637 g/mol. The minimum Gasteiger partial charge on any atom is -0.504 e. The van der Waals surface area contributed by atoms with Gasteiger partial charge in [-0.2, -0.15) is 0 Å². The van der Waals surface area contributed by atoms with Crippen LogP contribution in [0.4, 0.5) is 0 Å². The van der Waals surface area contributed by atoms with E-state index in [2.05, 4.69) is 0 Å². The number of aliphatic hydroxyl groups excluding tert-OH is 1. The van der Waals surface area contributed by atoms with Gasteiger partial charge >= 0.3 is 0 Å². The summed E-state index contributed by atoms with van der Waals surface area (Å²) in [5.41, 5.74) is 15.8. The van der Waals surface area contributed by atoms with E-state index >= 15 is 0 Å². The summed E-state index contributed by atoms with van der Waals surface area (Å²) in [6, 6.07) is 3.62. The average Bonchev–Trinajstić information content (AvgIpc) is 3.00. The van der Waals surface area contributed by atoms with Crippen LogP contribution in [-0.2, 0) is 14.4 Å². The molecule has 0 saturated heterocycles. The predicted molar refractivity (Wildman–Crippen MR) is 160 cm³/mol. The Bertz CT molecular complexity index is 1690. The fraction of sp³-hybridized carbons (Fsp3) is 0.300. The lowest BCUT2D eigenvalue weighted by molar-refractivity contribution is -0.121. The van der Waals surface area contributed by atoms with Crippen molar-refractivity contribution >= 4 is 17.3 Å².